The molecule has 1 aromatic carbocycles. The number of halogens is 2. The van der Waals surface area contributed by atoms with E-state index in [9.17, 15) is 13.9 Å². The molecule has 0 aliphatic heterocycles. The van der Waals surface area contributed by atoms with Crippen LogP contribution in [0.5, 0.6) is 0 Å². The maximum absolute atomic E-state index is 13.3. The van der Waals surface area contributed by atoms with Gasteiger partial charge in [0.25, 0.3) is 0 Å². The van der Waals surface area contributed by atoms with Crippen LogP contribution in [0.4, 0.5) is 8.78 Å². The van der Waals surface area contributed by atoms with E-state index < -0.39 is 17.7 Å². The van der Waals surface area contributed by atoms with Crippen molar-refractivity contribution < 1.29 is 13.9 Å². The van der Waals surface area contributed by atoms with E-state index in [0.717, 1.165) is 12.1 Å². The highest BCUT2D eigenvalue weighted by molar-refractivity contribution is 5.21. The Hall–Kier alpha value is -1.00. The van der Waals surface area contributed by atoms with Crippen LogP contribution in [0.15, 0.2) is 18.2 Å². The Labute approximate surface area is 87.7 Å². The van der Waals surface area contributed by atoms with E-state index in [2.05, 4.69) is 0 Å². The first-order chi connectivity index (χ1) is 7.10. The third kappa shape index (κ3) is 2.73. The quantitative estimate of drug-likeness (QED) is 0.806. The lowest BCUT2D eigenvalue weighted by Crippen LogP contribution is -2.22. The Morgan fingerprint density at radius 1 is 1.40 bits per heavy atom. The molecule has 0 fully saturated rings. The highest BCUT2D eigenvalue weighted by Gasteiger charge is 2.21. The van der Waals surface area contributed by atoms with Gasteiger partial charge in [-0.25, -0.2) is 8.78 Å². The lowest BCUT2D eigenvalue weighted by molar-refractivity contribution is 0.106. The van der Waals surface area contributed by atoms with Gasteiger partial charge >= 0.3 is 0 Å². The van der Waals surface area contributed by atoms with Crippen LogP contribution in [0.2, 0.25) is 0 Å². The molecule has 1 rings (SSSR count). The molecule has 2 atom stereocenters. The van der Waals surface area contributed by atoms with Crippen LogP contribution in [0.1, 0.15) is 25.0 Å². The van der Waals surface area contributed by atoms with Gasteiger partial charge in [0.05, 0.1) is 6.10 Å². The standard InChI is InChI=1S/C11H15F2NO/c1-2-7(6-14)11(15)9-4-3-8(12)5-10(9)13/h3-5,7,11,15H,2,6,14H2,1H3. The maximum atomic E-state index is 13.3. The van der Waals surface area contributed by atoms with Gasteiger partial charge in [-0.15, -0.1) is 0 Å². The minimum Gasteiger partial charge on any atom is -0.388 e. The molecule has 0 amide bonds. The van der Waals surface area contributed by atoms with Gasteiger partial charge in [-0.1, -0.05) is 13.0 Å². The largest absolute Gasteiger partial charge is 0.388 e. The Bertz CT molecular complexity index is 326. The van der Waals surface area contributed by atoms with Crippen molar-refractivity contribution in [3.8, 4) is 0 Å². The van der Waals surface area contributed by atoms with Gasteiger partial charge in [0.2, 0.25) is 0 Å². The topological polar surface area (TPSA) is 46.2 Å². The minimum absolute atomic E-state index is 0.105. The molecule has 0 bridgehead atoms. The normalized spacial score (nSPS) is 15.0. The minimum atomic E-state index is -0.972. The van der Waals surface area contributed by atoms with Crippen molar-refractivity contribution in [2.75, 3.05) is 6.54 Å². The molecule has 1 aromatic rings. The average molecular weight is 215 g/mol. The second-order valence-corrected chi connectivity index (χ2v) is 3.51. The van der Waals surface area contributed by atoms with E-state index in [1.165, 1.54) is 6.07 Å². The molecule has 2 nitrogen and oxygen atoms in total. The molecular formula is C11H15F2NO. The summed E-state index contributed by atoms with van der Waals surface area (Å²) in [6.45, 7) is 2.14. The molecule has 0 aliphatic carbocycles. The Morgan fingerprint density at radius 2 is 2.07 bits per heavy atom. The molecule has 0 spiro atoms. The van der Waals surface area contributed by atoms with Crippen molar-refractivity contribution in [2.24, 2.45) is 11.7 Å². The molecule has 0 aromatic heterocycles. The summed E-state index contributed by atoms with van der Waals surface area (Å²) < 4.78 is 25.9. The Morgan fingerprint density at radius 3 is 2.53 bits per heavy atom. The molecule has 0 radical (unpaired) electrons. The first-order valence-corrected chi connectivity index (χ1v) is 4.93. The van der Waals surface area contributed by atoms with E-state index >= 15 is 0 Å². The van der Waals surface area contributed by atoms with E-state index in [1.807, 2.05) is 6.92 Å². The monoisotopic (exact) mass is 215 g/mol. The van der Waals surface area contributed by atoms with Gasteiger partial charge in [-0.3, -0.25) is 0 Å². The zero-order valence-corrected chi connectivity index (χ0v) is 8.58. The second kappa shape index (κ2) is 5.19. The fourth-order valence-corrected chi connectivity index (χ4v) is 1.51. The summed E-state index contributed by atoms with van der Waals surface area (Å²) in [6, 6.07) is 3.15. The van der Waals surface area contributed by atoms with Gasteiger partial charge < -0.3 is 10.8 Å². The zero-order chi connectivity index (χ0) is 11.4. The maximum Gasteiger partial charge on any atom is 0.131 e. The van der Waals surface area contributed by atoms with Crippen LogP contribution in [0.25, 0.3) is 0 Å². The predicted octanol–water partition coefficient (Wildman–Crippen LogP) is 1.98. The van der Waals surface area contributed by atoms with Crippen molar-refractivity contribution >= 4 is 0 Å². The van der Waals surface area contributed by atoms with Crippen molar-refractivity contribution in [1.82, 2.24) is 0 Å². The van der Waals surface area contributed by atoms with Crippen LogP contribution in [-0.4, -0.2) is 11.7 Å². The van der Waals surface area contributed by atoms with E-state index in [0.29, 0.717) is 6.42 Å². The zero-order valence-electron chi connectivity index (χ0n) is 8.58. The van der Waals surface area contributed by atoms with E-state index in [4.69, 9.17) is 5.73 Å². The fraction of sp³-hybridized carbons (Fsp3) is 0.455. The number of benzene rings is 1. The molecule has 0 aliphatic rings. The molecule has 3 N–H and O–H groups in total. The van der Waals surface area contributed by atoms with Gasteiger partial charge in [0, 0.05) is 17.5 Å². The lowest BCUT2D eigenvalue weighted by atomic mass is 9.93. The van der Waals surface area contributed by atoms with Crippen LogP contribution < -0.4 is 5.73 Å². The summed E-state index contributed by atoms with van der Waals surface area (Å²) in [6.07, 6.45) is -0.324. The molecule has 0 heterocycles. The fourth-order valence-electron chi connectivity index (χ4n) is 1.51. The number of rotatable bonds is 4. The van der Waals surface area contributed by atoms with E-state index in [-0.39, 0.29) is 18.0 Å². The van der Waals surface area contributed by atoms with Gasteiger partial charge in [0.15, 0.2) is 0 Å². The number of hydrogen-bond donors (Lipinski definition) is 2. The molecule has 15 heavy (non-hydrogen) atoms. The number of hydrogen-bond acceptors (Lipinski definition) is 2. The van der Waals surface area contributed by atoms with Crippen LogP contribution in [0, 0.1) is 17.6 Å². The molecular weight excluding hydrogens is 200 g/mol. The van der Waals surface area contributed by atoms with Crippen LogP contribution >= 0.6 is 0 Å². The summed E-state index contributed by atoms with van der Waals surface area (Å²) in [7, 11) is 0. The third-order valence-electron chi connectivity index (χ3n) is 2.55. The first-order valence-electron chi connectivity index (χ1n) is 4.93. The SMILES string of the molecule is CCC(CN)C(O)c1ccc(F)cc1F. The van der Waals surface area contributed by atoms with Crippen molar-refractivity contribution in [3.63, 3.8) is 0 Å². The summed E-state index contributed by atoms with van der Waals surface area (Å²) in [5, 5.41) is 9.81. The van der Waals surface area contributed by atoms with Gasteiger partial charge in [-0.2, -0.15) is 0 Å². The summed E-state index contributed by atoms with van der Waals surface area (Å²) in [5.74, 6) is -1.58. The average Bonchev–Trinajstić information content (AvgIpc) is 2.19. The summed E-state index contributed by atoms with van der Waals surface area (Å²) in [4.78, 5) is 0. The number of aliphatic hydroxyl groups excluding tert-OH is 1. The Kier molecular flexibility index (Phi) is 4.17. The predicted molar refractivity (Wildman–Crippen MR) is 54.2 cm³/mol. The van der Waals surface area contributed by atoms with Crippen molar-refractivity contribution in [2.45, 2.75) is 19.4 Å². The summed E-state index contributed by atoms with van der Waals surface area (Å²) >= 11 is 0. The molecule has 0 saturated heterocycles. The first kappa shape index (κ1) is 12.1. The summed E-state index contributed by atoms with van der Waals surface area (Å²) in [5.41, 5.74) is 5.55. The number of aliphatic hydroxyl groups is 1. The Balaban J connectivity index is 2.94. The molecule has 4 heteroatoms. The third-order valence-corrected chi connectivity index (χ3v) is 2.55. The molecule has 84 valence electrons. The highest BCUT2D eigenvalue weighted by atomic mass is 19.1. The molecule has 0 saturated carbocycles. The highest BCUT2D eigenvalue weighted by Crippen LogP contribution is 2.26. The van der Waals surface area contributed by atoms with Gasteiger partial charge in [0.1, 0.15) is 11.6 Å². The second-order valence-electron chi connectivity index (χ2n) is 3.51. The molecule has 2 unspecified atom stereocenters. The van der Waals surface area contributed by atoms with Crippen LogP contribution in [0.3, 0.4) is 0 Å². The van der Waals surface area contributed by atoms with Gasteiger partial charge in [-0.05, 0) is 19.0 Å². The van der Waals surface area contributed by atoms with Crippen molar-refractivity contribution in [3.05, 3.63) is 35.4 Å². The van der Waals surface area contributed by atoms with Crippen LogP contribution in [-0.2, 0) is 0 Å². The number of nitrogens with two attached hydrogens (primary N) is 1. The van der Waals surface area contributed by atoms with E-state index in [1.54, 1.807) is 0 Å². The van der Waals surface area contributed by atoms with Crippen molar-refractivity contribution in [1.29, 1.82) is 0 Å². The lowest BCUT2D eigenvalue weighted by Gasteiger charge is -2.20. The smallest absolute Gasteiger partial charge is 0.131 e.